The first-order valence-electron chi connectivity index (χ1n) is 12.5. The third kappa shape index (κ3) is 5.38. The van der Waals surface area contributed by atoms with Gasteiger partial charge in [0.15, 0.2) is 0 Å². The zero-order valence-corrected chi connectivity index (χ0v) is 21.7. The summed E-state index contributed by atoms with van der Waals surface area (Å²) in [6.07, 6.45) is 3.73. The van der Waals surface area contributed by atoms with Crippen molar-refractivity contribution in [3.05, 3.63) is 51.9 Å². The van der Waals surface area contributed by atoms with Gasteiger partial charge in [-0.25, -0.2) is 4.98 Å². The highest BCUT2D eigenvalue weighted by atomic mass is 16.5. The number of benzene rings is 1. The molecule has 194 valence electrons. The van der Waals surface area contributed by atoms with Crippen molar-refractivity contribution in [2.24, 2.45) is 7.05 Å². The standard InChI is InChI=1S/C27H36N4O5/c1-16-11-20(14-30(4)26(16)33)25-29-22-10-9-19(12-23(22)31(25)17(2)15-35-5)13-28-24(18(3)32)27(34)36-21-7-6-8-21/h9-12,14,17-18,21,24,28,32H,6-8,13,15H2,1-5H3/t17-,18+,24-/m0/s1. The van der Waals surface area contributed by atoms with Crippen LogP contribution in [-0.4, -0.2) is 57.2 Å². The van der Waals surface area contributed by atoms with Gasteiger partial charge in [-0.3, -0.25) is 14.9 Å². The van der Waals surface area contributed by atoms with Gasteiger partial charge in [0, 0.05) is 38.0 Å². The minimum Gasteiger partial charge on any atom is -0.461 e. The number of pyridine rings is 1. The molecule has 1 fully saturated rings. The molecule has 0 saturated heterocycles. The van der Waals surface area contributed by atoms with Gasteiger partial charge in [0.25, 0.3) is 5.56 Å². The van der Waals surface area contributed by atoms with E-state index in [0.29, 0.717) is 18.7 Å². The maximum Gasteiger partial charge on any atom is 0.326 e. The second-order valence-electron chi connectivity index (χ2n) is 9.85. The molecule has 1 saturated carbocycles. The second kappa shape index (κ2) is 10.9. The zero-order chi connectivity index (χ0) is 26.0. The number of aliphatic hydroxyl groups is 1. The van der Waals surface area contributed by atoms with E-state index >= 15 is 0 Å². The molecular formula is C27H36N4O5. The largest absolute Gasteiger partial charge is 0.461 e. The summed E-state index contributed by atoms with van der Waals surface area (Å²) in [6, 6.07) is 6.99. The van der Waals surface area contributed by atoms with Crippen LogP contribution in [0.4, 0.5) is 0 Å². The summed E-state index contributed by atoms with van der Waals surface area (Å²) in [5, 5.41) is 13.4. The number of hydrogen-bond donors (Lipinski definition) is 2. The lowest BCUT2D eigenvalue weighted by Crippen LogP contribution is -2.47. The SMILES string of the molecule is COC[C@H](C)n1c(-c2cc(C)c(=O)n(C)c2)nc2ccc(CN[C@H](C(=O)OC3CCC3)[C@@H](C)O)cc21. The number of carbonyl (C=O) groups is 1. The van der Waals surface area contributed by atoms with Gasteiger partial charge in [-0.15, -0.1) is 0 Å². The number of ether oxygens (including phenoxy) is 2. The monoisotopic (exact) mass is 496 g/mol. The molecule has 1 aliphatic rings. The Morgan fingerprint density at radius 1 is 1.28 bits per heavy atom. The predicted molar refractivity (Wildman–Crippen MR) is 138 cm³/mol. The molecule has 2 aromatic heterocycles. The zero-order valence-electron chi connectivity index (χ0n) is 21.7. The van der Waals surface area contributed by atoms with Crippen LogP contribution in [0.1, 0.15) is 50.3 Å². The third-order valence-corrected chi connectivity index (χ3v) is 6.82. The van der Waals surface area contributed by atoms with Gasteiger partial charge in [-0.2, -0.15) is 0 Å². The van der Waals surface area contributed by atoms with Crippen LogP contribution in [0.25, 0.3) is 22.4 Å². The van der Waals surface area contributed by atoms with Crippen LogP contribution < -0.4 is 10.9 Å². The van der Waals surface area contributed by atoms with Crippen LogP contribution >= 0.6 is 0 Å². The Hall–Kier alpha value is -3.01. The molecule has 2 heterocycles. The molecule has 3 atom stereocenters. The molecular weight excluding hydrogens is 460 g/mol. The summed E-state index contributed by atoms with van der Waals surface area (Å²) < 4.78 is 14.7. The fourth-order valence-corrected chi connectivity index (χ4v) is 4.62. The summed E-state index contributed by atoms with van der Waals surface area (Å²) in [5.41, 5.74) is 4.14. The van der Waals surface area contributed by atoms with E-state index in [1.54, 1.807) is 38.8 Å². The van der Waals surface area contributed by atoms with Crippen molar-refractivity contribution in [1.82, 2.24) is 19.4 Å². The Balaban J connectivity index is 1.66. The Labute approximate surface area is 211 Å². The fraction of sp³-hybridized carbons (Fsp3) is 0.519. The van der Waals surface area contributed by atoms with Gasteiger partial charge in [0.05, 0.1) is 29.8 Å². The maximum atomic E-state index is 12.6. The molecule has 9 heteroatoms. The Kier molecular flexibility index (Phi) is 7.92. The van der Waals surface area contributed by atoms with Gasteiger partial charge in [0.2, 0.25) is 0 Å². The smallest absolute Gasteiger partial charge is 0.326 e. The van der Waals surface area contributed by atoms with E-state index in [9.17, 15) is 14.7 Å². The van der Waals surface area contributed by atoms with Gasteiger partial charge in [-0.05, 0) is 63.8 Å². The van der Waals surface area contributed by atoms with Crippen LogP contribution in [0.2, 0.25) is 0 Å². The highest BCUT2D eigenvalue weighted by Gasteiger charge is 2.29. The molecule has 0 spiro atoms. The number of hydrogen-bond acceptors (Lipinski definition) is 7. The molecule has 0 bridgehead atoms. The van der Waals surface area contributed by atoms with E-state index < -0.39 is 18.1 Å². The van der Waals surface area contributed by atoms with Crippen molar-refractivity contribution in [3.8, 4) is 11.4 Å². The number of aromatic nitrogens is 3. The van der Waals surface area contributed by atoms with Gasteiger partial charge >= 0.3 is 5.97 Å². The lowest BCUT2D eigenvalue weighted by molar-refractivity contribution is -0.158. The Morgan fingerprint density at radius 3 is 2.64 bits per heavy atom. The number of carbonyl (C=O) groups excluding carboxylic acids is 1. The van der Waals surface area contributed by atoms with Crippen LogP contribution in [0.3, 0.4) is 0 Å². The molecule has 1 aliphatic carbocycles. The van der Waals surface area contributed by atoms with Crippen molar-refractivity contribution in [3.63, 3.8) is 0 Å². The Bertz CT molecular complexity index is 1270. The molecule has 36 heavy (non-hydrogen) atoms. The predicted octanol–water partition coefficient (Wildman–Crippen LogP) is 2.85. The van der Waals surface area contributed by atoms with E-state index in [1.165, 1.54) is 0 Å². The molecule has 0 amide bonds. The maximum absolute atomic E-state index is 12.6. The number of nitrogens with zero attached hydrogens (tertiary/aromatic N) is 3. The summed E-state index contributed by atoms with van der Waals surface area (Å²) in [4.78, 5) is 29.7. The number of fused-ring (bicyclic) bond motifs is 1. The van der Waals surface area contributed by atoms with E-state index in [4.69, 9.17) is 14.5 Å². The van der Waals surface area contributed by atoms with E-state index in [-0.39, 0.29) is 17.7 Å². The number of imidazole rings is 1. The van der Waals surface area contributed by atoms with E-state index in [2.05, 4.69) is 16.8 Å². The van der Waals surface area contributed by atoms with Gasteiger partial charge in [-0.1, -0.05) is 6.07 Å². The first-order chi connectivity index (χ1) is 17.2. The first-order valence-corrected chi connectivity index (χ1v) is 12.5. The number of aliphatic hydroxyl groups excluding tert-OH is 1. The molecule has 9 nitrogen and oxygen atoms in total. The number of esters is 1. The first kappa shape index (κ1) is 26.1. The molecule has 0 unspecified atom stereocenters. The van der Waals surface area contributed by atoms with Crippen molar-refractivity contribution in [1.29, 1.82) is 0 Å². The number of nitrogens with one attached hydrogen (secondary N) is 1. The average molecular weight is 497 g/mol. The second-order valence-corrected chi connectivity index (χ2v) is 9.85. The van der Waals surface area contributed by atoms with Crippen LogP contribution in [0.15, 0.2) is 35.3 Å². The van der Waals surface area contributed by atoms with Crippen LogP contribution in [-0.2, 0) is 27.9 Å². The van der Waals surface area contributed by atoms with Crippen molar-refractivity contribution in [2.75, 3.05) is 13.7 Å². The molecule has 2 N–H and O–H groups in total. The normalized spacial score (nSPS) is 16.5. The lowest BCUT2D eigenvalue weighted by atomic mass is 9.96. The highest BCUT2D eigenvalue weighted by Crippen LogP contribution is 2.29. The number of methoxy groups -OCH3 is 1. The van der Waals surface area contributed by atoms with Crippen molar-refractivity contribution in [2.45, 2.75) is 70.9 Å². The minimum absolute atomic E-state index is 0.0154. The minimum atomic E-state index is -0.881. The molecule has 0 radical (unpaired) electrons. The molecule has 4 rings (SSSR count). The molecule has 3 aromatic rings. The number of rotatable bonds is 10. The van der Waals surface area contributed by atoms with Crippen molar-refractivity contribution < 1.29 is 19.4 Å². The van der Waals surface area contributed by atoms with Crippen LogP contribution in [0, 0.1) is 6.92 Å². The topological polar surface area (TPSA) is 108 Å². The van der Waals surface area contributed by atoms with Crippen molar-refractivity contribution >= 4 is 17.0 Å². The lowest BCUT2D eigenvalue weighted by Gasteiger charge is -2.28. The summed E-state index contributed by atoms with van der Waals surface area (Å²) >= 11 is 0. The molecule has 1 aromatic carbocycles. The average Bonchev–Trinajstić information content (AvgIpc) is 3.18. The number of aryl methyl sites for hydroxylation is 2. The molecule has 0 aliphatic heterocycles. The summed E-state index contributed by atoms with van der Waals surface area (Å²) in [5.74, 6) is 0.339. The van der Waals surface area contributed by atoms with Gasteiger partial charge < -0.3 is 23.7 Å². The summed E-state index contributed by atoms with van der Waals surface area (Å²) in [6.45, 7) is 6.32. The highest BCUT2D eigenvalue weighted by molar-refractivity contribution is 5.82. The van der Waals surface area contributed by atoms with Crippen LogP contribution in [0.5, 0.6) is 0 Å². The third-order valence-electron chi connectivity index (χ3n) is 6.82. The van der Waals surface area contributed by atoms with E-state index in [1.807, 2.05) is 24.3 Å². The van der Waals surface area contributed by atoms with Gasteiger partial charge in [0.1, 0.15) is 18.0 Å². The van der Waals surface area contributed by atoms with E-state index in [0.717, 1.165) is 47.2 Å². The Morgan fingerprint density at radius 2 is 2.03 bits per heavy atom. The summed E-state index contributed by atoms with van der Waals surface area (Å²) in [7, 11) is 3.41. The fourth-order valence-electron chi connectivity index (χ4n) is 4.62. The quantitative estimate of drug-likeness (QED) is 0.416.